The molecule has 0 radical (unpaired) electrons. The second kappa shape index (κ2) is 4.79. The molecule has 1 aromatic heterocycles. The van der Waals surface area contributed by atoms with E-state index in [9.17, 15) is 9.59 Å². The lowest BCUT2D eigenvalue weighted by atomic mass is 10.1. The van der Waals surface area contributed by atoms with Crippen molar-refractivity contribution in [2.75, 3.05) is 13.7 Å². The van der Waals surface area contributed by atoms with Gasteiger partial charge in [0.25, 0.3) is 5.91 Å². The van der Waals surface area contributed by atoms with Gasteiger partial charge in [0, 0.05) is 0 Å². The van der Waals surface area contributed by atoms with E-state index in [2.05, 4.69) is 5.32 Å². The highest BCUT2D eigenvalue weighted by atomic mass is 16.5. The normalized spacial score (nSPS) is 10.3. The van der Waals surface area contributed by atoms with Gasteiger partial charge in [-0.05, 0) is 18.2 Å². The zero-order valence-corrected chi connectivity index (χ0v) is 9.60. The first kappa shape index (κ1) is 12.0. The first-order valence-electron chi connectivity index (χ1n) is 5.17. The van der Waals surface area contributed by atoms with Crippen molar-refractivity contribution in [3.8, 4) is 5.75 Å². The number of benzene rings is 1. The van der Waals surface area contributed by atoms with Gasteiger partial charge in [0.1, 0.15) is 17.9 Å². The van der Waals surface area contributed by atoms with Gasteiger partial charge in [-0.3, -0.25) is 9.59 Å². The van der Waals surface area contributed by atoms with Crippen LogP contribution in [0.3, 0.4) is 0 Å². The summed E-state index contributed by atoms with van der Waals surface area (Å²) in [7, 11) is 1.44. The lowest BCUT2D eigenvalue weighted by Gasteiger charge is -2.08. The van der Waals surface area contributed by atoms with E-state index in [1.165, 1.54) is 19.4 Å². The number of carbonyl (C=O) groups is 2. The number of hydrogen-bond acceptors (Lipinski definition) is 4. The molecule has 0 atom stereocenters. The van der Waals surface area contributed by atoms with E-state index in [4.69, 9.17) is 14.3 Å². The Morgan fingerprint density at radius 3 is 2.83 bits per heavy atom. The van der Waals surface area contributed by atoms with Crippen molar-refractivity contribution in [1.82, 2.24) is 5.32 Å². The molecule has 0 aliphatic heterocycles. The van der Waals surface area contributed by atoms with Gasteiger partial charge in [-0.2, -0.15) is 0 Å². The highest BCUT2D eigenvalue weighted by Crippen LogP contribution is 2.30. The predicted octanol–water partition coefficient (Wildman–Crippen LogP) is 1.26. The molecule has 6 heteroatoms. The number of aliphatic carboxylic acids is 1. The monoisotopic (exact) mass is 249 g/mol. The van der Waals surface area contributed by atoms with Gasteiger partial charge in [-0.15, -0.1) is 0 Å². The SMILES string of the molecule is COc1c(C(=O)NCC(=O)O)ccc2occc12. The average molecular weight is 249 g/mol. The van der Waals surface area contributed by atoms with Crippen molar-refractivity contribution < 1.29 is 23.8 Å². The number of rotatable bonds is 4. The van der Waals surface area contributed by atoms with Crippen LogP contribution in [0.4, 0.5) is 0 Å². The van der Waals surface area contributed by atoms with Gasteiger partial charge in [0.15, 0.2) is 0 Å². The van der Waals surface area contributed by atoms with Crippen LogP contribution >= 0.6 is 0 Å². The van der Waals surface area contributed by atoms with Crippen molar-refractivity contribution in [3.63, 3.8) is 0 Å². The van der Waals surface area contributed by atoms with Crippen molar-refractivity contribution in [3.05, 3.63) is 30.0 Å². The zero-order chi connectivity index (χ0) is 13.1. The van der Waals surface area contributed by atoms with E-state index in [0.29, 0.717) is 16.7 Å². The Bertz CT molecular complexity index is 602. The molecule has 0 unspecified atom stereocenters. The van der Waals surface area contributed by atoms with Crippen molar-refractivity contribution >= 4 is 22.8 Å². The Kier molecular flexibility index (Phi) is 3.18. The number of nitrogens with one attached hydrogen (secondary N) is 1. The van der Waals surface area contributed by atoms with Crippen LogP contribution in [0.5, 0.6) is 5.75 Å². The summed E-state index contributed by atoms with van der Waals surface area (Å²) in [5.41, 5.74) is 0.870. The first-order chi connectivity index (χ1) is 8.63. The third kappa shape index (κ3) is 2.13. The van der Waals surface area contributed by atoms with Crippen LogP contribution in [0.15, 0.2) is 28.9 Å². The van der Waals surface area contributed by atoms with Crippen LogP contribution in [-0.4, -0.2) is 30.6 Å². The minimum atomic E-state index is -1.10. The maximum atomic E-state index is 11.8. The van der Waals surface area contributed by atoms with Gasteiger partial charge in [-0.25, -0.2) is 0 Å². The molecule has 0 fully saturated rings. The number of ether oxygens (including phenoxy) is 1. The molecular formula is C12H11NO5. The minimum absolute atomic E-state index is 0.271. The minimum Gasteiger partial charge on any atom is -0.495 e. The smallest absolute Gasteiger partial charge is 0.322 e. The molecule has 0 spiro atoms. The van der Waals surface area contributed by atoms with Crippen molar-refractivity contribution in [1.29, 1.82) is 0 Å². The number of furan rings is 1. The number of amides is 1. The van der Waals surface area contributed by atoms with Crippen LogP contribution in [0.2, 0.25) is 0 Å². The second-order valence-corrected chi connectivity index (χ2v) is 3.56. The number of carboxylic acid groups (broad SMARTS) is 1. The summed E-state index contributed by atoms with van der Waals surface area (Å²) < 4.78 is 10.4. The average Bonchev–Trinajstić information content (AvgIpc) is 2.82. The van der Waals surface area contributed by atoms with Gasteiger partial charge < -0.3 is 19.6 Å². The lowest BCUT2D eigenvalue weighted by Crippen LogP contribution is -2.29. The molecule has 2 rings (SSSR count). The lowest BCUT2D eigenvalue weighted by molar-refractivity contribution is -0.135. The molecule has 2 aromatic rings. The van der Waals surface area contributed by atoms with E-state index < -0.39 is 18.4 Å². The van der Waals surface area contributed by atoms with E-state index in [1.54, 1.807) is 12.1 Å². The van der Waals surface area contributed by atoms with Crippen LogP contribution in [0, 0.1) is 0 Å². The summed E-state index contributed by atoms with van der Waals surface area (Å²) in [6, 6.07) is 4.84. The van der Waals surface area contributed by atoms with Gasteiger partial charge in [0.2, 0.25) is 0 Å². The van der Waals surface area contributed by atoms with Gasteiger partial charge in [-0.1, -0.05) is 0 Å². The molecular weight excluding hydrogens is 238 g/mol. The van der Waals surface area contributed by atoms with Crippen molar-refractivity contribution in [2.24, 2.45) is 0 Å². The summed E-state index contributed by atoms with van der Waals surface area (Å²) in [5, 5.41) is 11.5. The number of carbonyl (C=O) groups excluding carboxylic acids is 1. The predicted molar refractivity (Wildman–Crippen MR) is 62.7 cm³/mol. The van der Waals surface area contributed by atoms with Crippen molar-refractivity contribution in [2.45, 2.75) is 0 Å². The number of carboxylic acids is 1. The molecule has 1 aromatic carbocycles. The molecule has 0 saturated heterocycles. The summed E-state index contributed by atoms with van der Waals surface area (Å²) in [6.07, 6.45) is 1.49. The van der Waals surface area contributed by atoms with Crippen LogP contribution in [-0.2, 0) is 4.79 Å². The van der Waals surface area contributed by atoms with Gasteiger partial charge >= 0.3 is 5.97 Å². The fraction of sp³-hybridized carbons (Fsp3) is 0.167. The van der Waals surface area contributed by atoms with E-state index in [1.807, 2.05) is 0 Å². The number of fused-ring (bicyclic) bond motifs is 1. The standard InChI is InChI=1S/C12H11NO5/c1-17-11-7-4-5-18-9(7)3-2-8(11)12(16)13-6-10(14)15/h2-5H,6H2,1H3,(H,13,16)(H,14,15). The van der Waals surface area contributed by atoms with Gasteiger partial charge in [0.05, 0.1) is 24.3 Å². The molecule has 18 heavy (non-hydrogen) atoms. The molecule has 1 heterocycles. The Morgan fingerprint density at radius 2 is 2.17 bits per heavy atom. The Hall–Kier alpha value is -2.50. The zero-order valence-electron chi connectivity index (χ0n) is 9.60. The van der Waals surface area contributed by atoms with Crippen LogP contribution < -0.4 is 10.1 Å². The molecule has 94 valence electrons. The number of hydrogen-bond donors (Lipinski definition) is 2. The first-order valence-corrected chi connectivity index (χ1v) is 5.17. The highest BCUT2D eigenvalue weighted by molar-refractivity contribution is 6.03. The van der Waals surface area contributed by atoms with Crippen LogP contribution in [0.1, 0.15) is 10.4 Å². The fourth-order valence-electron chi connectivity index (χ4n) is 1.67. The molecule has 6 nitrogen and oxygen atoms in total. The molecule has 0 aliphatic rings. The molecule has 0 aliphatic carbocycles. The third-order valence-corrected chi connectivity index (χ3v) is 2.43. The third-order valence-electron chi connectivity index (χ3n) is 2.43. The largest absolute Gasteiger partial charge is 0.495 e. The molecule has 2 N–H and O–H groups in total. The Morgan fingerprint density at radius 1 is 1.39 bits per heavy atom. The topological polar surface area (TPSA) is 88.8 Å². The quantitative estimate of drug-likeness (QED) is 0.851. The molecule has 1 amide bonds. The maximum absolute atomic E-state index is 11.8. The molecule has 0 bridgehead atoms. The summed E-state index contributed by atoms with van der Waals surface area (Å²) >= 11 is 0. The fourth-order valence-corrected chi connectivity index (χ4v) is 1.67. The molecule has 0 saturated carbocycles. The Labute approximate surface area is 102 Å². The van der Waals surface area contributed by atoms with E-state index in [-0.39, 0.29) is 5.56 Å². The second-order valence-electron chi connectivity index (χ2n) is 3.56. The van der Waals surface area contributed by atoms with E-state index >= 15 is 0 Å². The van der Waals surface area contributed by atoms with Crippen LogP contribution in [0.25, 0.3) is 11.0 Å². The van der Waals surface area contributed by atoms with E-state index in [0.717, 1.165) is 0 Å². The summed E-state index contributed by atoms with van der Waals surface area (Å²) in [4.78, 5) is 22.2. The maximum Gasteiger partial charge on any atom is 0.322 e. The summed E-state index contributed by atoms with van der Waals surface area (Å²) in [5.74, 6) is -1.24. The summed E-state index contributed by atoms with van der Waals surface area (Å²) in [6.45, 7) is -0.439. The highest BCUT2D eigenvalue weighted by Gasteiger charge is 2.16. The number of methoxy groups -OCH3 is 1. The Balaban J connectivity index is 2.37.